The molecule has 1 aromatic carbocycles. The number of para-hydroxylation sites is 1. The summed E-state index contributed by atoms with van der Waals surface area (Å²) in [7, 11) is 0. The van der Waals surface area contributed by atoms with Crippen LogP contribution in [0.4, 0.5) is 5.69 Å². The first-order valence-corrected chi connectivity index (χ1v) is 7.89. The molecular formula is C15H14BrNOS. The van der Waals surface area contributed by atoms with E-state index in [-0.39, 0.29) is 5.78 Å². The molecule has 0 radical (unpaired) electrons. The van der Waals surface area contributed by atoms with Crippen LogP contribution >= 0.6 is 27.3 Å². The summed E-state index contributed by atoms with van der Waals surface area (Å²) in [4.78, 5) is 15.4. The smallest absolute Gasteiger partial charge is 0.192 e. The van der Waals surface area contributed by atoms with Crippen molar-refractivity contribution in [3.05, 3.63) is 50.6 Å². The second-order valence-corrected chi connectivity index (χ2v) is 7.30. The highest BCUT2D eigenvalue weighted by Crippen LogP contribution is 2.32. The Hall–Kier alpha value is -1.13. The zero-order valence-electron chi connectivity index (χ0n) is 10.6. The van der Waals surface area contributed by atoms with Crippen molar-refractivity contribution in [2.24, 2.45) is 0 Å². The van der Waals surface area contributed by atoms with E-state index < -0.39 is 0 Å². The minimum atomic E-state index is 0.194. The summed E-state index contributed by atoms with van der Waals surface area (Å²) in [6, 6.07) is 12.6. The molecule has 2 aromatic rings. The highest BCUT2D eigenvalue weighted by molar-refractivity contribution is 9.11. The van der Waals surface area contributed by atoms with Crippen LogP contribution in [0.1, 0.15) is 22.2 Å². The molecule has 1 aromatic heterocycles. The number of carbonyl (C=O) groups is 1. The van der Waals surface area contributed by atoms with E-state index in [0.717, 1.165) is 15.1 Å². The fourth-order valence-corrected chi connectivity index (χ4v) is 3.88. The fraction of sp³-hybridized carbons (Fsp3) is 0.267. The van der Waals surface area contributed by atoms with Crippen LogP contribution in [0.3, 0.4) is 0 Å². The molecule has 0 N–H and O–H groups in total. The van der Waals surface area contributed by atoms with Gasteiger partial charge in [-0.3, -0.25) is 4.79 Å². The summed E-state index contributed by atoms with van der Waals surface area (Å²) in [5.74, 6) is 0.194. The Morgan fingerprint density at radius 1 is 1.37 bits per heavy atom. The maximum Gasteiger partial charge on any atom is 0.192 e. The number of nitrogens with zero attached hydrogens (tertiary/aromatic N) is 1. The van der Waals surface area contributed by atoms with Crippen molar-refractivity contribution >= 4 is 38.7 Å². The average Bonchev–Trinajstić information content (AvgIpc) is 2.95. The molecule has 0 aliphatic carbocycles. The number of hydrogen-bond acceptors (Lipinski definition) is 3. The SMILES string of the molecule is CC1Cc2ccccc2N1CC(=O)c1ccc(Br)s1. The van der Waals surface area contributed by atoms with E-state index in [9.17, 15) is 4.79 Å². The van der Waals surface area contributed by atoms with Crippen LogP contribution in [-0.2, 0) is 6.42 Å². The summed E-state index contributed by atoms with van der Waals surface area (Å²) in [6.07, 6.45) is 1.03. The summed E-state index contributed by atoms with van der Waals surface area (Å²) in [6.45, 7) is 2.64. The summed E-state index contributed by atoms with van der Waals surface area (Å²) >= 11 is 4.91. The number of anilines is 1. The predicted molar refractivity (Wildman–Crippen MR) is 83.3 cm³/mol. The molecule has 0 fully saturated rings. The van der Waals surface area contributed by atoms with Gasteiger partial charge in [0.2, 0.25) is 0 Å². The van der Waals surface area contributed by atoms with Gasteiger partial charge in [-0.1, -0.05) is 18.2 Å². The molecule has 1 aliphatic rings. The lowest BCUT2D eigenvalue weighted by Crippen LogP contribution is -2.34. The van der Waals surface area contributed by atoms with E-state index in [0.29, 0.717) is 12.6 Å². The molecule has 0 spiro atoms. The Balaban J connectivity index is 1.82. The van der Waals surface area contributed by atoms with Gasteiger partial charge in [0.1, 0.15) is 0 Å². The molecule has 1 atom stereocenters. The number of benzene rings is 1. The van der Waals surface area contributed by atoms with E-state index in [2.05, 4.69) is 46.0 Å². The number of thiophene rings is 1. The van der Waals surface area contributed by atoms with E-state index in [4.69, 9.17) is 0 Å². The first-order valence-electron chi connectivity index (χ1n) is 6.28. The molecule has 0 saturated carbocycles. The minimum Gasteiger partial charge on any atom is -0.361 e. The molecule has 2 heterocycles. The number of hydrogen-bond donors (Lipinski definition) is 0. The predicted octanol–water partition coefficient (Wildman–Crippen LogP) is 4.14. The molecule has 4 heteroatoms. The van der Waals surface area contributed by atoms with Gasteiger partial charge in [-0.2, -0.15) is 0 Å². The summed E-state index contributed by atoms with van der Waals surface area (Å²) in [5.41, 5.74) is 2.55. The van der Waals surface area contributed by atoms with E-state index >= 15 is 0 Å². The lowest BCUT2D eigenvalue weighted by molar-refractivity contribution is 0.100. The summed E-state index contributed by atoms with van der Waals surface area (Å²) in [5, 5.41) is 0. The van der Waals surface area contributed by atoms with Gasteiger partial charge < -0.3 is 4.90 Å². The van der Waals surface area contributed by atoms with Crippen molar-refractivity contribution in [1.82, 2.24) is 0 Å². The second-order valence-electron chi connectivity index (χ2n) is 4.84. The topological polar surface area (TPSA) is 20.3 Å². The third-order valence-electron chi connectivity index (χ3n) is 3.51. The van der Waals surface area contributed by atoms with E-state index in [1.54, 1.807) is 0 Å². The van der Waals surface area contributed by atoms with Crippen LogP contribution in [0.15, 0.2) is 40.2 Å². The molecule has 0 amide bonds. The normalized spacial score (nSPS) is 17.6. The average molecular weight is 336 g/mol. The van der Waals surface area contributed by atoms with E-state index in [1.165, 1.54) is 22.6 Å². The minimum absolute atomic E-state index is 0.194. The maximum atomic E-state index is 12.3. The second kappa shape index (κ2) is 5.10. The molecule has 1 unspecified atom stereocenters. The number of fused-ring (bicyclic) bond motifs is 1. The molecule has 2 nitrogen and oxygen atoms in total. The fourth-order valence-electron chi connectivity index (χ4n) is 2.57. The highest BCUT2D eigenvalue weighted by atomic mass is 79.9. The van der Waals surface area contributed by atoms with Crippen molar-refractivity contribution in [1.29, 1.82) is 0 Å². The van der Waals surface area contributed by atoms with Crippen molar-refractivity contribution in [3.63, 3.8) is 0 Å². The lowest BCUT2D eigenvalue weighted by Gasteiger charge is -2.23. The van der Waals surface area contributed by atoms with Crippen LogP contribution in [0.2, 0.25) is 0 Å². The number of carbonyl (C=O) groups excluding carboxylic acids is 1. The Labute approximate surface area is 125 Å². The lowest BCUT2D eigenvalue weighted by atomic mass is 10.1. The van der Waals surface area contributed by atoms with Crippen LogP contribution in [0.5, 0.6) is 0 Å². The van der Waals surface area contributed by atoms with Gasteiger partial charge in [0.25, 0.3) is 0 Å². The Bertz CT molecular complexity index is 622. The number of rotatable bonds is 3. The first kappa shape index (κ1) is 12.9. The zero-order valence-corrected chi connectivity index (χ0v) is 13.0. The van der Waals surface area contributed by atoms with Gasteiger partial charge in [0.05, 0.1) is 15.2 Å². The quantitative estimate of drug-likeness (QED) is 0.785. The standard InChI is InChI=1S/C15H14BrNOS/c1-10-8-11-4-2-3-5-12(11)17(10)9-13(18)14-6-7-15(16)19-14/h2-7,10H,8-9H2,1H3. The first-order chi connectivity index (χ1) is 9.15. The van der Waals surface area contributed by atoms with Crippen molar-refractivity contribution in [3.8, 4) is 0 Å². The van der Waals surface area contributed by atoms with Gasteiger partial charge in [0, 0.05) is 11.7 Å². The van der Waals surface area contributed by atoms with Crippen molar-refractivity contribution in [2.45, 2.75) is 19.4 Å². The number of ketones is 1. The monoisotopic (exact) mass is 335 g/mol. The number of halogens is 1. The molecule has 98 valence electrons. The van der Waals surface area contributed by atoms with Crippen LogP contribution in [-0.4, -0.2) is 18.4 Å². The number of Topliss-reactive ketones (excluding diaryl/α,β-unsaturated/α-hetero) is 1. The highest BCUT2D eigenvalue weighted by Gasteiger charge is 2.27. The van der Waals surface area contributed by atoms with Crippen LogP contribution in [0, 0.1) is 0 Å². The van der Waals surface area contributed by atoms with Gasteiger partial charge in [-0.15, -0.1) is 11.3 Å². The van der Waals surface area contributed by atoms with Crippen molar-refractivity contribution < 1.29 is 4.79 Å². The largest absolute Gasteiger partial charge is 0.361 e. The molecule has 0 saturated heterocycles. The Morgan fingerprint density at radius 2 is 2.16 bits per heavy atom. The Kier molecular flexibility index (Phi) is 3.46. The van der Waals surface area contributed by atoms with Gasteiger partial charge in [-0.25, -0.2) is 0 Å². The molecule has 1 aliphatic heterocycles. The van der Waals surface area contributed by atoms with Gasteiger partial charge in [-0.05, 0) is 53.0 Å². The van der Waals surface area contributed by atoms with Gasteiger partial charge in [0.15, 0.2) is 5.78 Å². The van der Waals surface area contributed by atoms with E-state index in [1.807, 2.05) is 18.2 Å². The third kappa shape index (κ3) is 2.47. The summed E-state index contributed by atoms with van der Waals surface area (Å²) < 4.78 is 1.01. The zero-order chi connectivity index (χ0) is 13.4. The maximum absolute atomic E-state index is 12.3. The molecule has 19 heavy (non-hydrogen) atoms. The van der Waals surface area contributed by atoms with Crippen LogP contribution in [0.25, 0.3) is 0 Å². The van der Waals surface area contributed by atoms with Gasteiger partial charge >= 0.3 is 0 Å². The third-order valence-corrected chi connectivity index (χ3v) is 5.18. The van der Waals surface area contributed by atoms with Crippen molar-refractivity contribution in [2.75, 3.05) is 11.4 Å². The molecule has 0 bridgehead atoms. The van der Waals surface area contributed by atoms with Crippen LogP contribution < -0.4 is 4.90 Å². The molecule has 3 rings (SSSR count). The Morgan fingerprint density at radius 3 is 2.89 bits per heavy atom. The molecular weight excluding hydrogens is 322 g/mol.